The van der Waals surface area contributed by atoms with Crippen molar-refractivity contribution in [2.75, 3.05) is 0 Å². The summed E-state index contributed by atoms with van der Waals surface area (Å²) < 4.78 is 1.65. The highest BCUT2D eigenvalue weighted by molar-refractivity contribution is 7.98. The monoisotopic (exact) mass is 279 g/mol. The van der Waals surface area contributed by atoms with Crippen LogP contribution in [0.3, 0.4) is 0 Å². The fraction of sp³-hybridized carbons (Fsp3) is 0.385. The van der Waals surface area contributed by atoms with Gasteiger partial charge in [0.15, 0.2) is 5.16 Å². The van der Waals surface area contributed by atoms with Crippen LogP contribution in [-0.4, -0.2) is 19.9 Å². The molecule has 1 aromatic heterocycles. The maximum atomic E-state index is 11.6. The number of hydrogen-bond donors (Lipinski definition) is 2. The van der Waals surface area contributed by atoms with E-state index in [0.29, 0.717) is 5.16 Å². The number of aliphatic hydroxyl groups is 1. The summed E-state index contributed by atoms with van der Waals surface area (Å²) in [6, 6.07) is 7.84. The lowest BCUT2D eigenvalue weighted by Gasteiger charge is -2.08. The molecular weight excluding hydrogens is 262 g/mol. The molecular formula is C13H17N3O2S. The van der Waals surface area contributed by atoms with Gasteiger partial charge in [-0.05, 0) is 25.0 Å². The van der Waals surface area contributed by atoms with Gasteiger partial charge in [0.2, 0.25) is 0 Å². The van der Waals surface area contributed by atoms with E-state index in [0.717, 1.165) is 16.9 Å². The van der Waals surface area contributed by atoms with Crippen LogP contribution in [0.4, 0.5) is 0 Å². The van der Waals surface area contributed by atoms with Gasteiger partial charge in [-0.1, -0.05) is 36.0 Å². The molecule has 5 nitrogen and oxygen atoms in total. The molecule has 0 aliphatic heterocycles. The Morgan fingerprint density at radius 1 is 1.32 bits per heavy atom. The van der Waals surface area contributed by atoms with Gasteiger partial charge in [-0.3, -0.25) is 4.57 Å². The molecule has 1 aromatic carbocycles. The van der Waals surface area contributed by atoms with Crippen molar-refractivity contribution in [1.29, 1.82) is 0 Å². The summed E-state index contributed by atoms with van der Waals surface area (Å²) in [4.78, 5) is 11.6. The van der Waals surface area contributed by atoms with Crippen molar-refractivity contribution in [3.63, 3.8) is 0 Å². The van der Waals surface area contributed by atoms with Crippen LogP contribution in [0.5, 0.6) is 0 Å². The molecule has 0 radical (unpaired) electrons. The second-order valence-corrected chi connectivity index (χ2v) is 5.48. The van der Waals surface area contributed by atoms with E-state index in [1.807, 2.05) is 38.1 Å². The van der Waals surface area contributed by atoms with Crippen molar-refractivity contribution in [3.05, 3.63) is 45.9 Å². The van der Waals surface area contributed by atoms with Gasteiger partial charge in [0, 0.05) is 11.8 Å². The second-order valence-electron chi connectivity index (χ2n) is 4.54. The number of nitrogens with zero attached hydrogens (tertiary/aromatic N) is 2. The molecule has 2 N–H and O–H groups in total. The third-order valence-electron chi connectivity index (χ3n) is 2.76. The molecule has 6 heteroatoms. The third kappa shape index (κ3) is 3.27. The highest BCUT2D eigenvalue weighted by Crippen LogP contribution is 2.21. The number of benzene rings is 1. The van der Waals surface area contributed by atoms with Crippen molar-refractivity contribution in [2.24, 2.45) is 0 Å². The van der Waals surface area contributed by atoms with Crippen LogP contribution in [0.1, 0.15) is 31.0 Å². The normalized spacial score (nSPS) is 11.2. The summed E-state index contributed by atoms with van der Waals surface area (Å²) >= 11 is 1.52. The van der Waals surface area contributed by atoms with Crippen LogP contribution in [0, 0.1) is 0 Å². The molecule has 19 heavy (non-hydrogen) atoms. The van der Waals surface area contributed by atoms with Crippen LogP contribution in [0.25, 0.3) is 0 Å². The topological polar surface area (TPSA) is 70.9 Å². The third-order valence-corrected chi connectivity index (χ3v) is 3.79. The number of nitrogens with one attached hydrogen (secondary N) is 1. The summed E-state index contributed by atoms with van der Waals surface area (Å²) in [5, 5.41) is 16.2. The second kappa shape index (κ2) is 6.08. The number of hydrogen-bond acceptors (Lipinski definition) is 4. The first-order valence-corrected chi connectivity index (χ1v) is 7.08. The zero-order valence-corrected chi connectivity index (χ0v) is 11.8. The number of H-pyrrole nitrogens is 1. The fourth-order valence-electron chi connectivity index (χ4n) is 1.74. The molecule has 102 valence electrons. The van der Waals surface area contributed by atoms with Crippen molar-refractivity contribution < 1.29 is 5.11 Å². The van der Waals surface area contributed by atoms with Crippen molar-refractivity contribution >= 4 is 11.8 Å². The summed E-state index contributed by atoms with van der Waals surface area (Å²) in [5.41, 5.74) is 1.86. The first-order valence-electron chi connectivity index (χ1n) is 6.10. The molecule has 0 atom stereocenters. The molecule has 0 spiro atoms. The lowest BCUT2D eigenvalue weighted by atomic mass is 10.2. The quantitative estimate of drug-likeness (QED) is 0.821. The zero-order chi connectivity index (χ0) is 13.8. The van der Waals surface area contributed by atoms with E-state index in [9.17, 15) is 4.79 Å². The minimum Gasteiger partial charge on any atom is -0.392 e. The molecule has 0 saturated carbocycles. The van der Waals surface area contributed by atoms with E-state index in [2.05, 4.69) is 10.2 Å². The van der Waals surface area contributed by atoms with Gasteiger partial charge < -0.3 is 5.11 Å². The van der Waals surface area contributed by atoms with Crippen LogP contribution in [-0.2, 0) is 12.4 Å². The van der Waals surface area contributed by atoms with Gasteiger partial charge in [0.1, 0.15) is 0 Å². The smallest absolute Gasteiger partial charge is 0.344 e. The van der Waals surface area contributed by atoms with E-state index < -0.39 is 0 Å². The zero-order valence-electron chi connectivity index (χ0n) is 11.0. The molecule has 0 aliphatic carbocycles. The van der Waals surface area contributed by atoms with Crippen LogP contribution in [0.2, 0.25) is 0 Å². The highest BCUT2D eigenvalue weighted by atomic mass is 32.2. The number of thioether (sulfide) groups is 1. The largest absolute Gasteiger partial charge is 0.392 e. The number of aliphatic hydroxyl groups excluding tert-OH is 1. The minimum atomic E-state index is -0.173. The standard InChI is InChI=1S/C13H17N3O2S/c1-9(2)16-12(18)14-15-13(16)19-8-11-5-3-10(7-17)4-6-11/h3-6,9,17H,7-8H2,1-2H3,(H,14,18). The molecule has 2 rings (SSSR count). The van der Waals surface area contributed by atoms with E-state index in [4.69, 9.17) is 5.11 Å². The van der Waals surface area contributed by atoms with Crippen molar-refractivity contribution in [3.8, 4) is 0 Å². The molecule has 0 amide bonds. The molecule has 0 aliphatic rings. The summed E-state index contributed by atoms with van der Waals surface area (Å²) in [5.74, 6) is 0.739. The Morgan fingerprint density at radius 2 is 1.95 bits per heavy atom. The molecule has 0 fully saturated rings. The average Bonchev–Trinajstić information content (AvgIpc) is 2.78. The maximum Gasteiger partial charge on any atom is 0.344 e. The molecule has 0 bridgehead atoms. The maximum absolute atomic E-state index is 11.6. The lowest BCUT2D eigenvalue weighted by Crippen LogP contribution is -2.19. The highest BCUT2D eigenvalue weighted by Gasteiger charge is 2.11. The Kier molecular flexibility index (Phi) is 4.44. The van der Waals surface area contributed by atoms with Gasteiger partial charge in [-0.2, -0.15) is 0 Å². The summed E-state index contributed by atoms with van der Waals surface area (Å²) in [6.45, 7) is 3.97. The van der Waals surface area contributed by atoms with Gasteiger partial charge in [0.25, 0.3) is 0 Å². The van der Waals surface area contributed by atoms with E-state index in [-0.39, 0.29) is 18.3 Å². The SMILES string of the molecule is CC(C)n1c(SCc2ccc(CO)cc2)n[nH]c1=O. The molecule has 0 unspecified atom stereocenters. The Morgan fingerprint density at radius 3 is 2.53 bits per heavy atom. The van der Waals surface area contributed by atoms with Gasteiger partial charge in [-0.25, -0.2) is 9.89 Å². The summed E-state index contributed by atoms with van der Waals surface area (Å²) in [6.07, 6.45) is 0. The Hall–Kier alpha value is -1.53. The first kappa shape index (κ1) is 13.9. The fourth-order valence-corrected chi connectivity index (χ4v) is 2.77. The minimum absolute atomic E-state index is 0.0552. The number of aromatic amines is 1. The Balaban J connectivity index is 2.08. The summed E-state index contributed by atoms with van der Waals surface area (Å²) in [7, 11) is 0. The van der Waals surface area contributed by atoms with Crippen LogP contribution < -0.4 is 5.69 Å². The number of aromatic nitrogens is 3. The van der Waals surface area contributed by atoms with Gasteiger partial charge in [-0.15, -0.1) is 5.10 Å². The van der Waals surface area contributed by atoms with E-state index in [1.165, 1.54) is 11.8 Å². The van der Waals surface area contributed by atoms with Gasteiger partial charge >= 0.3 is 5.69 Å². The van der Waals surface area contributed by atoms with E-state index >= 15 is 0 Å². The van der Waals surface area contributed by atoms with E-state index in [1.54, 1.807) is 4.57 Å². The number of rotatable bonds is 5. The predicted octanol–water partition coefficient (Wildman–Crippen LogP) is 1.94. The van der Waals surface area contributed by atoms with Gasteiger partial charge in [0.05, 0.1) is 6.61 Å². The molecule has 2 aromatic rings. The molecule has 0 saturated heterocycles. The Bertz CT molecular complexity index is 587. The molecule has 1 heterocycles. The van der Waals surface area contributed by atoms with Crippen molar-refractivity contribution in [1.82, 2.24) is 14.8 Å². The Labute approximate surface area is 115 Å². The lowest BCUT2D eigenvalue weighted by molar-refractivity contribution is 0.282. The van der Waals surface area contributed by atoms with Crippen molar-refractivity contribution in [2.45, 2.75) is 37.4 Å². The van der Waals surface area contributed by atoms with Crippen LogP contribution in [0.15, 0.2) is 34.2 Å². The average molecular weight is 279 g/mol. The van der Waals surface area contributed by atoms with Crippen LogP contribution >= 0.6 is 11.8 Å². The first-order chi connectivity index (χ1) is 9.11. The predicted molar refractivity (Wildman–Crippen MR) is 75.2 cm³/mol.